The number of aryl methyl sites for hydroxylation is 1. The first-order valence-corrected chi connectivity index (χ1v) is 9.36. The van der Waals surface area contributed by atoms with Gasteiger partial charge in [-0.2, -0.15) is 5.10 Å². The van der Waals surface area contributed by atoms with Gasteiger partial charge in [-0.25, -0.2) is 0 Å². The van der Waals surface area contributed by atoms with Gasteiger partial charge in [-0.15, -0.1) is 12.4 Å². The Labute approximate surface area is 161 Å². The van der Waals surface area contributed by atoms with Gasteiger partial charge in [-0.05, 0) is 24.8 Å². The number of nitrogens with zero attached hydrogens (tertiary/aromatic N) is 3. The first-order chi connectivity index (χ1) is 12.1. The van der Waals surface area contributed by atoms with Crippen molar-refractivity contribution in [2.45, 2.75) is 32.1 Å². The molecule has 2 aliphatic heterocycles. The second kappa shape index (κ2) is 9.37. The zero-order chi connectivity index (χ0) is 17.8. The van der Waals surface area contributed by atoms with Crippen molar-refractivity contribution in [1.82, 2.24) is 25.3 Å². The molecule has 26 heavy (non-hydrogen) atoms. The fourth-order valence-corrected chi connectivity index (χ4v) is 3.94. The molecule has 2 aliphatic rings. The molecular formula is C18H30ClN5O2. The molecule has 3 atom stereocenters. The number of nitrogens with one attached hydrogen (secondary N) is 2. The van der Waals surface area contributed by atoms with E-state index < -0.39 is 0 Å². The fourth-order valence-electron chi connectivity index (χ4n) is 3.94. The summed E-state index contributed by atoms with van der Waals surface area (Å²) in [5.41, 5.74) is 1.11. The molecule has 1 unspecified atom stereocenters. The molecule has 1 aromatic rings. The standard InChI is InChI=1S/C18H29N5O2.ClH/c1-3-6-20-17(24)13-5-4-7-23(12-13)18(25)16-10-19-9-15(16)14-8-21-22(2)11-14;/h8,11,13,15-16,19H,3-7,9-10,12H2,1-2H3,(H,20,24);1H/t13?,15-,16+;/m1./s1. The van der Waals surface area contributed by atoms with Crippen LogP contribution in [0.15, 0.2) is 12.4 Å². The average Bonchev–Trinajstić information content (AvgIpc) is 3.27. The molecule has 2 N–H and O–H groups in total. The minimum Gasteiger partial charge on any atom is -0.356 e. The van der Waals surface area contributed by atoms with Gasteiger partial charge in [0.1, 0.15) is 0 Å². The van der Waals surface area contributed by atoms with Crippen LogP contribution in [0.1, 0.15) is 37.7 Å². The Bertz CT molecular complexity index is 620. The van der Waals surface area contributed by atoms with Crippen LogP contribution >= 0.6 is 12.4 Å². The molecule has 2 amide bonds. The summed E-state index contributed by atoms with van der Waals surface area (Å²) in [6.07, 6.45) is 6.55. The van der Waals surface area contributed by atoms with Gasteiger partial charge in [0.2, 0.25) is 11.8 Å². The van der Waals surface area contributed by atoms with Crippen molar-refractivity contribution in [3.63, 3.8) is 0 Å². The Kier molecular flexibility index (Phi) is 7.46. The number of piperidine rings is 1. The normalized spacial score (nSPS) is 25.6. The first kappa shape index (κ1) is 20.7. The molecule has 7 nitrogen and oxygen atoms in total. The van der Waals surface area contributed by atoms with Crippen LogP contribution in [-0.4, -0.2) is 59.2 Å². The van der Waals surface area contributed by atoms with Crippen molar-refractivity contribution in [2.75, 3.05) is 32.7 Å². The second-order valence-corrected chi connectivity index (χ2v) is 7.23. The zero-order valence-corrected chi connectivity index (χ0v) is 16.4. The smallest absolute Gasteiger partial charge is 0.227 e. The van der Waals surface area contributed by atoms with Crippen LogP contribution in [0.4, 0.5) is 0 Å². The molecule has 2 fully saturated rings. The summed E-state index contributed by atoms with van der Waals surface area (Å²) in [6, 6.07) is 0. The van der Waals surface area contributed by atoms with E-state index in [4.69, 9.17) is 0 Å². The van der Waals surface area contributed by atoms with Crippen LogP contribution in [0, 0.1) is 11.8 Å². The van der Waals surface area contributed by atoms with E-state index in [0.29, 0.717) is 19.6 Å². The maximum atomic E-state index is 13.1. The van der Waals surface area contributed by atoms with E-state index in [2.05, 4.69) is 15.7 Å². The summed E-state index contributed by atoms with van der Waals surface area (Å²) in [5.74, 6) is 0.284. The summed E-state index contributed by atoms with van der Waals surface area (Å²) >= 11 is 0. The Hall–Kier alpha value is -1.60. The van der Waals surface area contributed by atoms with Gasteiger partial charge in [0.05, 0.1) is 18.0 Å². The highest BCUT2D eigenvalue weighted by Crippen LogP contribution is 2.30. The summed E-state index contributed by atoms with van der Waals surface area (Å²) < 4.78 is 1.78. The fraction of sp³-hybridized carbons (Fsp3) is 0.722. The van der Waals surface area contributed by atoms with Crippen LogP contribution in [0.2, 0.25) is 0 Å². The van der Waals surface area contributed by atoms with Crippen LogP contribution in [-0.2, 0) is 16.6 Å². The molecule has 0 spiro atoms. The number of aromatic nitrogens is 2. The molecule has 146 valence electrons. The third kappa shape index (κ3) is 4.57. The zero-order valence-electron chi connectivity index (χ0n) is 15.6. The molecule has 0 aliphatic carbocycles. The maximum Gasteiger partial charge on any atom is 0.227 e. The Morgan fingerprint density at radius 3 is 2.88 bits per heavy atom. The lowest BCUT2D eigenvalue weighted by molar-refractivity contribution is -0.139. The second-order valence-electron chi connectivity index (χ2n) is 7.23. The van der Waals surface area contributed by atoms with Crippen LogP contribution in [0.25, 0.3) is 0 Å². The predicted molar refractivity (Wildman–Crippen MR) is 102 cm³/mol. The number of likely N-dealkylation sites (tertiary alicyclic amines) is 1. The van der Waals surface area contributed by atoms with Crippen molar-refractivity contribution in [3.05, 3.63) is 18.0 Å². The van der Waals surface area contributed by atoms with Gasteiger partial charge >= 0.3 is 0 Å². The number of hydrogen-bond acceptors (Lipinski definition) is 4. The Balaban J connectivity index is 0.00000243. The number of halogens is 1. The number of rotatable bonds is 5. The predicted octanol–water partition coefficient (Wildman–Crippen LogP) is 0.910. The summed E-state index contributed by atoms with van der Waals surface area (Å²) in [5, 5.41) is 10.6. The molecule has 0 aromatic carbocycles. The van der Waals surface area contributed by atoms with Crippen LogP contribution in [0.3, 0.4) is 0 Å². The van der Waals surface area contributed by atoms with Crippen molar-refractivity contribution < 1.29 is 9.59 Å². The summed E-state index contributed by atoms with van der Waals surface area (Å²) in [4.78, 5) is 27.3. The molecule has 1 aromatic heterocycles. The number of carbonyl (C=O) groups is 2. The third-order valence-electron chi connectivity index (χ3n) is 5.34. The monoisotopic (exact) mass is 383 g/mol. The average molecular weight is 384 g/mol. The van der Waals surface area contributed by atoms with Gasteiger partial charge in [0.15, 0.2) is 0 Å². The minimum absolute atomic E-state index is 0. The molecule has 3 rings (SSSR count). The molecular weight excluding hydrogens is 354 g/mol. The Morgan fingerprint density at radius 2 is 2.19 bits per heavy atom. The lowest BCUT2D eigenvalue weighted by Gasteiger charge is -2.34. The maximum absolute atomic E-state index is 13.1. The van der Waals surface area contributed by atoms with Gasteiger partial charge in [-0.1, -0.05) is 6.92 Å². The molecule has 8 heteroatoms. The van der Waals surface area contributed by atoms with E-state index in [9.17, 15) is 9.59 Å². The molecule has 0 bridgehead atoms. The molecule has 3 heterocycles. The van der Waals surface area contributed by atoms with Crippen molar-refractivity contribution >= 4 is 24.2 Å². The van der Waals surface area contributed by atoms with Gasteiger partial charge in [0, 0.05) is 51.9 Å². The summed E-state index contributed by atoms with van der Waals surface area (Å²) in [7, 11) is 1.90. The van der Waals surface area contributed by atoms with E-state index in [1.165, 1.54) is 0 Å². The van der Waals surface area contributed by atoms with Gasteiger partial charge < -0.3 is 15.5 Å². The van der Waals surface area contributed by atoms with Crippen LogP contribution < -0.4 is 10.6 Å². The van der Waals surface area contributed by atoms with Crippen molar-refractivity contribution in [3.8, 4) is 0 Å². The highest BCUT2D eigenvalue weighted by molar-refractivity contribution is 5.85. The van der Waals surface area contributed by atoms with Gasteiger partial charge in [-0.3, -0.25) is 14.3 Å². The topological polar surface area (TPSA) is 79.3 Å². The SMILES string of the molecule is CCCNC(=O)C1CCCN(C(=O)[C@H]2CNC[C@@H]2c2cnn(C)c2)C1.Cl. The highest BCUT2D eigenvalue weighted by Gasteiger charge is 2.39. The summed E-state index contributed by atoms with van der Waals surface area (Å²) in [6.45, 7) is 5.55. The van der Waals surface area contributed by atoms with Crippen LogP contribution in [0.5, 0.6) is 0 Å². The highest BCUT2D eigenvalue weighted by atomic mass is 35.5. The number of hydrogen-bond donors (Lipinski definition) is 2. The van der Waals surface area contributed by atoms with Crippen molar-refractivity contribution in [1.29, 1.82) is 0 Å². The largest absolute Gasteiger partial charge is 0.356 e. The number of amides is 2. The lowest BCUT2D eigenvalue weighted by atomic mass is 9.88. The molecule has 0 radical (unpaired) electrons. The van der Waals surface area contributed by atoms with E-state index in [0.717, 1.165) is 37.9 Å². The quantitative estimate of drug-likeness (QED) is 0.792. The number of carbonyl (C=O) groups excluding carboxylic acids is 2. The first-order valence-electron chi connectivity index (χ1n) is 9.36. The van der Waals surface area contributed by atoms with Crippen molar-refractivity contribution in [2.24, 2.45) is 18.9 Å². The van der Waals surface area contributed by atoms with E-state index >= 15 is 0 Å². The van der Waals surface area contributed by atoms with E-state index in [-0.39, 0.29) is 42.0 Å². The Morgan fingerprint density at radius 1 is 1.38 bits per heavy atom. The minimum atomic E-state index is -0.0737. The van der Waals surface area contributed by atoms with E-state index in [1.807, 2.05) is 31.3 Å². The lowest BCUT2D eigenvalue weighted by Crippen LogP contribution is -2.48. The van der Waals surface area contributed by atoms with Gasteiger partial charge in [0.25, 0.3) is 0 Å². The molecule has 2 saturated heterocycles. The van der Waals surface area contributed by atoms with E-state index in [1.54, 1.807) is 4.68 Å². The third-order valence-corrected chi connectivity index (χ3v) is 5.34. The molecule has 0 saturated carbocycles.